The minimum absolute atomic E-state index is 0.115. The fraction of sp³-hybridized carbons (Fsp3) is 0.440. The number of piperazine rings is 1. The van der Waals surface area contributed by atoms with Crippen LogP contribution in [-0.4, -0.2) is 70.0 Å². The summed E-state index contributed by atoms with van der Waals surface area (Å²) in [7, 11) is 2.16. The van der Waals surface area contributed by atoms with Gasteiger partial charge in [0.05, 0.1) is 4.90 Å². The Morgan fingerprint density at radius 3 is 2.53 bits per heavy atom. The average Bonchev–Trinajstić information content (AvgIpc) is 3.64. The Bertz CT molecular complexity index is 1200. The highest BCUT2D eigenvalue weighted by atomic mass is 32.2. The number of anilines is 4. The fourth-order valence-electron chi connectivity index (χ4n) is 3.96. The van der Waals surface area contributed by atoms with Crippen molar-refractivity contribution < 1.29 is 4.79 Å². The molecule has 0 bridgehead atoms. The molecule has 190 valence electrons. The van der Waals surface area contributed by atoms with E-state index in [1.807, 2.05) is 37.3 Å². The van der Waals surface area contributed by atoms with Crippen molar-refractivity contribution in [1.82, 2.24) is 25.1 Å². The highest BCUT2D eigenvalue weighted by molar-refractivity contribution is 7.99. The molecule has 1 aromatic carbocycles. The van der Waals surface area contributed by atoms with Gasteiger partial charge in [-0.1, -0.05) is 6.92 Å². The van der Waals surface area contributed by atoms with Crippen molar-refractivity contribution in [3.05, 3.63) is 36.0 Å². The number of likely N-dealkylation sites (N-methyl/N-ethyl adjacent to an activating group) is 1. The monoisotopic (exact) mass is 524 g/mol. The molecule has 3 aromatic rings. The maximum absolute atomic E-state index is 12.1. The zero-order valence-electron chi connectivity index (χ0n) is 20.9. The van der Waals surface area contributed by atoms with Crippen molar-refractivity contribution in [3.8, 4) is 0 Å². The first-order chi connectivity index (χ1) is 17.5. The highest BCUT2D eigenvalue weighted by Crippen LogP contribution is 2.39. The van der Waals surface area contributed by atoms with Crippen LogP contribution >= 0.6 is 23.5 Å². The second-order valence-electron chi connectivity index (χ2n) is 9.18. The maximum atomic E-state index is 12.1. The van der Waals surface area contributed by atoms with Crippen molar-refractivity contribution in [2.24, 2.45) is 5.92 Å². The van der Waals surface area contributed by atoms with Crippen LogP contribution in [0.4, 0.5) is 23.1 Å². The Hall–Kier alpha value is -2.76. The summed E-state index contributed by atoms with van der Waals surface area (Å²) in [5, 5.41) is 14.5. The summed E-state index contributed by atoms with van der Waals surface area (Å²) in [6.45, 7) is 7.97. The number of aromatic amines is 1. The number of rotatable bonds is 9. The minimum atomic E-state index is 0.115. The van der Waals surface area contributed by atoms with Crippen molar-refractivity contribution in [2.75, 3.05) is 54.5 Å². The molecule has 5 rings (SSSR count). The Morgan fingerprint density at radius 1 is 1.14 bits per heavy atom. The van der Waals surface area contributed by atoms with Gasteiger partial charge in [-0.05, 0) is 68.6 Å². The molecule has 2 fully saturated rings. The van der Waals surface area contributed by atoms with Gasteiger partial charge in [0.15, 0.2) is 16.8 Å². The first kappa shape index (κ1) is 24.9. The van der Waals surface area contributed by atoms with E-state index in [2.05, 4.69) is 44.6 Å². The molecule has 1 saturated heterocycles. The number of aromatic nitrogens is 4. The number of nitrogens with one attached hydrogen (secondary N) is 3. The lowest BCUT2D eigenvalue weighted by atomic mass is 10.3. The van der Waals surface area contributed by atoms with Gasteiger partial charge in [-0.2, -0.15) is 5.10 Å². The average molecular weight is 525 g/mol. The Morgan fingerprint density at radius 2 is 1.89 bits per heavy atom. The molecule has 0 radical (unpaired) electrons. The molecular formula is C25H32N8OS2. The van der Waals surface area contributed by atoms with Crippen molar-refractivity contribution in [2.45, 2.75) is 41.6 Å². The van der Waals surface area contributed by atoms with Gasteiger partial charge in [-0.25, -0.2) is 9.97 Å². The summed E-state index contributed by atoms with van der Waals surface area (Å²) in [6.07, 6.45) is 1.99. The van der Waals surface area contributed by atoms with Crippen LogP contribution in [0, 0.1) is 12.8 Å². The van der Waals surface area contributed by atoms with Crippen molar-refractivity contribution in [3.63, 3.8) is 0 Å². The number of H-pyrrole nitrogens is 1. The summed E-state index contributed by atoms with van der Waals surface area (Å²) in [5.74, 6) is 3.69. The van der Waals surface area contributed by atoms with Crippen LogP contribution in [0.25, 0.3) is 0 Å². The van der Waals surface area contributed by atoms with Crippen molar-refractivity contribution >= 4 is 52.6 Å². The number of carbonyl (C=O) groups is 1. The SMILES string of the molecule is CCSc1c(Nc2cc(C)[nH]n2)nc(Sc2ccc(NC(=O)C3CC3)cc2)nc1N1CCN(C)CC1. The van der Waals surface area contributed by atoms with Gasteiger partial charge in [0.1, 0.15) is 5.82 Å². The van der Waals surface area contributed by atoms with E-state index in [1.54, 1.807) is 11.8 Å². The van der Waals surface area contributed by atoms with Crippen molar-refractivity contribution in [1.29, 1.82) is 0 Å². The lowest BCUT2D eigenvalue weighted by molar-refractivity contribution is -0.117. The zero-order valence-corrected chi connectivity index (χ0v) is 22.5. The molecule has 2 aromatic heterocycles. The second-order valence-corrected chi connectivity index (χ2v) is 11.5. The van der Waals surface area contributed by atoms with E-state index in [0.717, 1.165) is 83.4 Å². The molecule has 2 aliphatic rings. The number of benzene rings is 1. The number of nitrogens with zero attached hydrogens (tertiary/aromatic N) is 5. The smallest absolute Gasteiger partial charge is 0.227 e. The molecule has 0 atom stereocenters. The third kappa shape index (κ3) is 6.13. The Balaban J connectivity index is 1.43. The number of thioether (sulfide) groups is 1. The molecule has 1 amide bonds. The molecule has 1 aliphatic carbocycles. The van der Waals surface area contributed by atoms with E-state index in [-0.39, 0.29) is 11.8 Å². The fourth-order valence-corrected chi connectivity index (χ4v) is 5.54. The lowest BCUT2D eigenvalue weighted by Gasteiger charge is -2.34. The first-order valence-electron chi connectivity index (χ1n) is 12.3. The largest absolute Gasteiger partial charge is 0.353 e. The third-order valence-corrected chi connectivity index (χ3v) is 7.98. The minimum Gasteiger partial charge on any atom is -0.353 e. The molecule has 9 nitrogen and oxygen atoms in total. The predicted molar refractivity (Wildman–Crippen MR) is 147 cm³/mol. The molecule has 3 heterocycles. The van der Waals surface area contributed by atoms with Crippen LogP contribution in [0.3, 0.4) is 0 Å². The van der Waals surface area contributed by atoms with Gasteiger partial charge in [0.2, 0.25) is 5.91 Å². The van der Waals surface area contributed by atoms with Crippen LogP contribution in [0.15, 0.2) is 45.3 Å². The standard InChI is InChI=1S/C25H32N8OS2/c1-4-35-21-22(27-20-15-16(2)30-31-20)28-25(29-23(21)33-13-11-32(3)12-14-33)36-19-9-7-18(8-10-19)26-24(34)17-5-6-17/h7-10,15,17H,4-6,11-14H2,1-3H3,(H,26,34)(H2,27,28,29,30,31). The molecule has 3 N–H and O–H groups in total. The number of amides is 1. The van der Waals surface area contributed by atoms with Gasteiger partial charge >= 0.3 is 0 Å². The molecule has 1 aliphatic heterocycles. The first-order valence-corrected chi connectivity index (χ1v) is 14.1. The van der Waals surface area contributed by atoms with Crippen LogP contribution in [0.2, 0.25) is 0 Å². The summed E-state index contributed by atoms with van der Waals surface area (Å²) < 4.78 is 0. The zero-order chi connectivity index (χ0) is 25.1. The van der Waals surface area contributed by atoms with Gasteiger partial charge in [-0.15, -0.1) is 11.8 Å². The summed E-state index contributed by atoms with van der Waals surface area (Å²) in [6, 6.07) is 9.86. The van der Waals surface area contributed by atoms with Crippen LogP contribution in [0.1, 0.15) is 25.5 Å². The third-order valence-electron chi connectivity index (χ3n) is 6.15. The normalized spacial score (nSPS) is 16.2. The molecule has 11 heteroatoms. The van der Waals surface area contributed by atoms with Gasteiger partial charge in [-0.3, -0.25) is 9.89 Å². The molecular weight excluding hydrogens is 492 g/mol. The predicted octanol–water partition coefficient (Wildman–Crippen LogP) is 4.62. The maximum Gasteiger partial charge on any atom is 0.227 e. The second kappa shape index (κ2) is 11.1. The molecule has 36 heavy (non-hydrogen) atoms. The van der Waals surface area contributed by atoms with Crippen LogP contribution in [-0.2, 0) is 4.79 Å². The van der Waals surface area contributed by atoms with E-state index < -0.39 is 0 Å². The summed E-state index contributed by atoms with van der Waals surface area (Å²) in [5.41, 5.74) is 1.81. The molecule has 1 saturated carbocycles. The Kier molecular flexibility index (Phi) is 7.68. The number of hydrogen-bond donors (Lipinski definition) is 3. The molecule has 0 spiro atoms. The van der Waals surface area contributed by atoms with E-state index in [1.165, 1.54) is 11.8 Å². The Labute approximate surface area is 220 Å². The van der Waals surface area contributed by atoms with Gasteiger partial charge in [0.25, 0.3) is 0 Å². The van der Waals surface area contributed by atoms with Gasteiger partial charge in [0, 0.05) is 54.4 Å². The number of aryl methyl sites for hydroxylation is 1. The van der Waals surface area contributed by atoms with E-state index in [9.17, 15) is 4.79 Å². The lowest BCUT2D eigenvalue weighted by Crippen LogP contribution is -2.45. The summed E-state index contributed by atoms with van der Waals surface area (Å²) >= 11 is 3.27. The quantitative estimate of drug-likeness (QED) is 0.273. The topological polar surface area (TPSA) is 102 Å². The van der Waals surface area contributed by atoms with E-state index in [0.29, 0.717) is 5.16 Å². The number of hydrogen-bond acceptors (Lipinski definition) is 9. The van der Waals surface area contributed by atoms with E-state index in [4.69, 9.17) is 9.97 Å². The number of carbonyl (C=O) groups excluding carboxylic acids is 1. The van der Waals surface area contributed by atoms with Crippen LogP contribution in [0.5, 0.6) is 0 Å². The molecule has 0 unspecified atom stereocenters. The van der Waals surface area contributed by atoms with E-state index >= 15 is 0 Å². The summed E-state index contributed by atoms with van der Waals surface area (Å²) in [4.78, 5) is 28.8. The highest BCUT2D eigenvalue weighted by Gasteiger charge is 2.29. The van der Waals surface area contributed by atoms with Gasteiger partial charge < -0.3 is 20.4 Å². The van der Waals surface area contributed by atoms with Crippen LogP contribution < -0.4 is 15.5 Å².